The lowest BCUT2D eigenvalue weighted by atomic mass is 10.2. The van der Waals surface area contributed by atoms with Gasteiger partial charge in [-0.1, -0.05) is 18.2 Å². The van der Waals surface area contributed by atoms with Crippen LogP contribution in [0.5, 0.6) is 11.5 Å². The summed E-state index contributed by atoms with van der Waals surface area (Å²) in [6, 6.07) is 10.9. The summed E-state index contributed by atoms with van der Waals surface area (Å²) >= 11 is 0. The Bertz CT molecular complexity index is 733. The summed E-state index contributed by atoms with van der Waals surface area (Å²) in [7, 11) is 3.03. The molecule has 2 aromatic rings. The molecule has 1 amide bonds. The van der Waals surface area contributed by atoms with Crippen LogP contribution in [0.4, 0.5) is 4.39 Å². The number of methoxy groups -OCH3 is 1. The van der Waals surface area contributed by atoms with Crippen molar-refractivity contribution in [1.82, 2.24) is 4.90 Å². The van der Waals surface area contributed by atoms with Crippen molar-refractivity contribution in [1.29, 1.82) is 0 Å². The highest BCUT2D eigenvalue weighted by Gasteiger charge is 2.14. The fourth-order valence-corrected chi connectivity index (χ4v) is 2.10. The lowest BCUT2D eigenvalue weighted by Crippen LogP contribution is -2.31. The van der Waals surface area contributed by atoms with Crippen molar-refractivity contribution in [2.45, 2.75) is 6.54 Å². The van der Waals surface area contributed by atoms with Gasteiger partial charge in [0, 0.05) is 24.7 Å². The molecule has 126 valence electrons. The van der Waals surface area contributed by atoms with Crippen LogP contribution in [-0.4, -0.2) is 37.9 Å². The number of aldehydes is 1. The van der Waals surface area contributed by atoms with Crippen molar-refractivity contribution in [3.05, 3.63) is 59.4 Å². The zero-order valence-corrected chi connectivity index (χ0v) is 13.5. The predicted molar refractivity (Wildman–Crippen MR) is 86.8 cm³/mol. The zero-order valence-electron chi connectivity index (χ0n) is 13.5. The van der Waals surface area contributed by atoms with Crippen molar-refractivity contribution in [2.75, 3.05) is 20.8 Å². The molecular formula is C18H18FNO4. The predicted octanol–water partition coefficient (Wildman–Crippen LogP) is 2.68. The van der Waals surface area contributed by atoms with Gasteiger partial charge in [-0.2, -0.15) is 0 Å². The molecule has 0 heterocycles. The number of hydrogen-bond donors (Lipinski definition) is 0. The van der Waals surface area contributed by atoms with Crippen LogP contribution in [0.3, 0.4) is 0 Å². The number of halogens is 1. The molecule has 0 aliphatic heterocycles. The van der Waals surface area contributed by atoms with Gasteiger partial charge in [-0.15, -0.1) is 0 Å². The molecule has 0 saturated heterocycles. The van der Waals surface area contributed by atoms with E-state index in [0.29, 0.717) is 28.9 Å². The largest absolute Gasteiger partial charge is 0.493 e. The molecule has 0 atom stereocenters. The summed E-state index contributed by atoms with van der Waals surface area (Å²) in [5.41, 5.74) is 0.840. The van der Waals surface area contributed by atoms with Gasteiger partial charge in [0.05, 0.1) is 7.11 Å². The minimum absolute atomic E-state index is 0.139. The quantitative estimate of drug-likeness (QED) is 0.732. The van der Waals surface area contributed by atoms with E-state index in [1.807, 2.05) is 0 Å². The number of rotatable bonds is 7. The van der Waals surface area contributed by atoms with Gasteiger partial charge in [0.1, 0.15) is 12.1 Å². The van der Waals surface area contributed by atoms with E-state index in [-0.39, 0.29) is 24.9 Å². The number of amides is 1. The third-order valence-corrected chi connectivity index (χ3v) is 3.47. The highest BCUT2D eigenvalue weighted by atomic mass is 19.1. The van der Waals surface area contributed by atoms with E-state index in [4.69, 9.17) is 9.47 Å². The molecule has 0 aromatic heterocycles. The van der Waals surface area contributed by atoms with Gasteiger partial charge < -0.3 is 14.4 Å². The fourth-order valence-electron chi connectivity index (χ4n) is 2.10. The summed E-state index contributed by atoms with van der Waals surface area (Å²) in [4.78, 5) is 24.4. The molecule has 0 aliphatic carbocycles. The van der Waals surface area contributed by atoms with Crippen LogP contribution in [0.25, 0.3) is 0 Å². The molecule has 5 nitrogen and oxygen atoms in total. The third kappa shape index (κ3) is 4.32. The molecule has 0 spiro atoms. The number of carbonyl (C=O) groups excluding carboxylic acids is 2. The normalized spacial score (nSPS) is 10.1. The number of carbonyl (C=O) groups is 2. The summed E-state index contributed by atoms with van der Waals surface area (Å²) < 4.78 is 24.2. The molecule has 6 heteroatoms. The first-order valence-corrected chi connectivity index (χ1v) is 7.28. The standard InChI is InChI=1S/C18H18FNO4/c1-20(10-14-5-3-4-6-15(14)19)18(22)12-24-17-9-13(11-21)7-8-16(17)23-2/h3-9,11H,10,12H2,1-2H3. The van der Waals surface area contributed by atoms with Crippen LogP contribution in [0.15, 0.2) is 42.5 Å². The number of ether oxygens (including phenoxy) is 2. The van der Waals surface area contributed by atoms with Crippen LogP contribution >= 0.6 is 0 Å². The minimum Gasteiger partial charge on any atom is -0.493 e. The van der Waals surface area contributed by atoms with Crippen LogP contribution in [0.1, 0.15) is 15.9 Å². The second-order valence-electron chi connectivity index (χ2n) is 5.16. The number of hydrogen-bond acceptors (Lipinski definition) is 4. The Hall–Kier alpha value is -2.89. The monoisotopic (exact) mass is 331 g/mol. The maximum atomic E-state index is 13.6. The van der Waals surface area contributed by atoms with E-state index in [9.17, 15) is 14.0 Å². The molecule has 2 aromatic carbocycles. The Morgan fingerprint density at radius 1 is 1.21 bits per heavy atom. The summed E-state index contributed by atoms with van der Waals surface area (Å²) in [6.45, 7) is -0.107. The van der Waals surface area contributed by atoms with Crippen LogP contribution in [-0.2, 0) is 11.3 Å². The molecule has 0 aliphatic rings. The first-order valence-electron chi connectivity index (χ1n) is 7.28. The van der Waals surface area contributed by atoms with Gasteiger partial charge in [0.25, 0.3) is 5.91 Å². The fraction of sp³-hybridized carbons (Fsp3) is 0.222. The Morgan fingerprint density at radius 2 is 1.96 bits per heavy atom. The molecule has 0 fully saturated rings. The van der Waals surface area contributed by atoms with Gasteiger partial charge in [0.15, 0.2) is 18.1 Å². The SMILES string of the molecule is COc1ccc(C=O)cc1OCC(=O)N(C)Cc1ccccc1F. The van der Waals surface area contributed by atoms with Crippen molar-refractivity contribution in [3.63, 3.8) is 0 Å². The van der Waals surface area contributed by atoms with Crippen molar-refractivity contribution in [2.24, 2.45) is 0 Å². The van der Waals surface area contributed by atoms with E-state index in [2.05, 4.69) is 0 Å². The van der Waals surface area contributed by atoms with Gasteiger partial charge in [-0.25, -0.2) is 4.39 Å². The number of benzene rings is 2. The molecule has 2 rings (SSSR count). The third-order valence-electron chi connectivity index (χ3n) is 3.47. The lowest BCUT2D eigenvalue weighted by molar-refractivity contribution is -0.132. The zero-order chi connectivity index (χ0) is 17.5. The average Bonchev–Trinajstić information content (AvgIpc) is 2.61. The summed E-state index contributed by atoms with van der Waals surface area (Å²) in [6.07, 6.45) is 0.679. The van der Waals surface area contributed by atoms with Crippen molar-refractivity contribution >= 4 is 12.2 Å². The van der Waals surface area contributed by atoms with Crippen LogP contribution in [0.2, 0.25) is 0 Å². The van der Waals surface area contributed by atoms with Gasteiger partial charge in [-0.05, 0) is 24.3 Å². The van der Waals surface area contributed by atoms with E-state index >= 15 is 0 Å². The van der Waals surface area contributed by atoms with Crippen LogP contribution < -0.4 is 9.47 Å². The van der Waals surface area contributed by atoms with E-state index in [1.54, 1.807) is 37.4 Å². The molecule has 0 radical (unpaired) electrons. The van der Waals surface area contributed by atoms with Crippen molar-refractivity contribution < 1.29 is 23.5 Å². The van der Waals surface area contributed by atoms with E-state index in [0.717, 1.165) is 0 Å². The molecule has 0 bridgehead atoms. The first kappa shape index (κ1) is 17.5. The number of likely N-dealkylation sites (N-methyl/N-ethyl adjacent to an activating group) is 1. The van der Waals surface area contributed by atoms with Crippen LogP contribution in [0, 0.1) is 5.82 Å². The molecule has 0 saturated carbocycles. The highest BCUT2D eigenvalue weighted by Crippen LogP contribution is 2.27. The Labute approximate surface area is 139 Å². The smallest absolute Gasteiger partial charge is 0.260 e. The first-order chi connectivity index (χ1) is 11.5. The second-order valence-corrected chi connectivity index (χ2v) is 5.16. The van der Waals surface area contributed by atoms with E-state index in [1.165, 1.54) is 24.1 Å². The molecule has 24 heavy (non-hydrogen) atoms. The Balaban J connectivity index is 2.00. The van der Waals surface area contributed by atoms with E-state index < -0.39 is 0 Å². The Morgan fingerprint density at radius 3 is 2.62 bits per heavy atom. The molecule has 0 N–H and O–H groups in total. The number of nitrogens with zero attached hydrogens (tertiary/aromatic N) is 1. The van der Waals surface area contributed by atoms with Gasteiger partial charge in [0.2, 0.25) is 0 Å². The van der Waals surface area contributed by atoms with Crippen molar-refractivity contribution in [3.8, 4) is 11.5 Å². The topological polar surface area (TPSA) is 55.8 Å². The molecule has 0 unspecified atom stereocenters. The minimum atomic E-state index is -0.363. The Kier molecular flexibility index (Phi) is 5.89. The maximum Gasteiger partial charge on any atom is 0.260 e. The molecular weight excluding hydrogens is 313 g/mol. The van der Waals surface area contributed by atoms with Gasteiger partial charge in [-0.3, -0.25) is 9.59 Å². The maximum absolute atomic E-state index is 13.6. The lowest BCUT2D eigenvalue weighted by Gasteiger charge is -2.18. The summed E-state index contributed by atoms with van der Waals surface area (Å²) in [5.74, 6) is 0.0372. The summed E-state index contributed by atoms with van der Waals surface area (Å²) in [5, 5.41) is 0. The average molecular weight is 331 g/mol. The second kappa shape index (κ2) is 8.10. The highest BCUT2D eigenvalue weighted by molar-refractivity contribution is 5.78. The van der Waals surface area contributed by atoms with Gasteiger partial charge >= 0.3 is 0 Å².